The van der Waals surface area contributed by atoms with Crippen LogP contribution in [0.5, 0.6) is 0 Å². The molecule has 2 heterocycles. The van der Waals surface area contributed by atoms with E-state index < -0.39 is 0 Å². The van der Waals surface area contributed by atoms with Crippen molar-refractivity contribution in [2.75, 3.05) is 32.1 Å². The van der Waals surface area contributed by atoms with Gasteiger partial charge in [-0.3, -0.25) is 9.78 Å². The molecule has 1 aromatic heterocycles. The molecule has 5 heteroatoms. The number of anilines is 1. The maximum Gasteiger partial charge on any atom is 0.252 e. The molecule has 1 aliphatic heterocycles. The van der Waals surface area contributed by atoms with Crippen molar-refractivity contribution in [1.29, 1.82) is 0 Å². The standard InChI is InChI=1S/C27H32N4O/c1-19-8-9-21(31(3)20-11-16-30(2)17-12-20)18-23(19)26(32)29-27(13-14-27)24-10-15-28-25-7-5-4-6-22(24)25/h4-10,15,18,20H,11-14,16-17H2,1-3H3,(H,29,32). The number of amides is 1. The summed E-state index contributed by atoms with van der Waals surface area (Å²) in [7, 11) is 4.35. The number of fused-ring (bicyclic) bond motifs is 1. The van der Waals surface area contributed by atoms with Crippen molar-refractivity contribution >= 4 is 22.5 Å². The molecule has 32 heavy (non-hydrogen) atoms. The second-order valence-electron chi connectivity index (χ2n) is 9.56. The van der Waals surface area contributed by atoms with Crippen molar-refractivity contribution in [3.05, 3.63) is 71.4 Å². The third-order valence-electron chi connectivity index (χ3n) is 7.38. The Labute approximate surface area is 190 Å². The minimum atomic E-state index is -0.290. The summed E-state index contributed by atoms with van der Waals surface area (Å²) in [5.74, 6) is 0.0134. The molecule has 1 N–H and O–H groups in total. The number of carbonyl (C=O) groups is 1. The summed E-state index contributed by atoms with van der Waals surface area (Å²) in [6.45, 7) is 4.27. The quantitative estimate of drug-likeness (QED) is 0.650. The number of piperidine rings is 1. The second kappa shape index (κ2) is 8.21. The van der Waals surface area contributed by atoms with Gasteiger partial charge in [-0.05, 0) is 88.1 Å². The molecule has 2 fully saturated rings. The Morgan fingerprint density at radius 3 is 2.62 bits per heavy atom. The van der Waals surface area contributed by atoms with E-state index in [4.69, 9.17) is 0 Å². The fraction of sp³-hybridized carbons (Fsp3) is 0.407. The normalized spacial score (nSPS) is 18.5. The molecule has 0 unspecified atom stereocenters. The largest absolute Gasteiger partial charge is 0.371 e. The predicted molar refractivity (Wildman–Crippen MR) is 130 cm³/mol. The highest BCUT2D eigenvalue weighted by molar-refractivity contribution is 5.98. The predicted octanol–water partition coefficient (Wildman–Crippen LogP) is 4.49. The van der Waals surface area contributed by atoms with Crippen LogP contribution in [0.3, 0.4) is 0 Å². The van der Waals surface area contributed by atoms with Crippen molar-refractivity contribution in [3.63, 3.8) is 0 Å². The highest BCUT2D eigenvalue weighted by atomic mass is 16.1. The van der Waals surface area contributed by atoms with Gasteiger partial charge in [0.1, 0.15) is 0 Å². The topological polar surface area (TPSA) is 48.5 Å². The van der Waals surface area contributed by atoms with Crippen molar-refractivity contribution < 1.29 is 4.79 Å². The zero-order chi connectivity index (χ0) is 22.3. The molecule has 1 saturated carbocycles. The minimum absolute atomic E-state index is 0.0134. The number of aryl methyl sites for hydroxylation is 1. The van der Waals surface area contributed by atoms with E-state index in [-0.39, 0.29) is 11.4 Å². The summed E-state index contributed by atoms with van der Waals surface area (Å²) in [6, 6.07) is 17.1. The SMILES string of the molecule is Cc1ccc(N(C)C2CCN(C)CC2)cc1C(=O)NC1(c2ccnc3ccccc23)CC1. The van der Waals surface area contributed by atoms with Gasteiger partial charge in [-0.2, -0.15) is 0 Å². The number of nitrogens with one attached hydrogen (secondary N) is 1. The maximum atomic E-state index is 13.5. The third-order valence-corrected chi connectivity index (χ3v) is 7.38. The molecule has 2 aliphatic rings. The van der Waals surface area contributed by atoms with Gasteiger partial charge in [0.2, 0.25) is 0 Å². The first-order valence-corrected chi connectivity index (χ1v) is 11.7. The fourth-order valence-electron chi connectivity index (χ4n) is 5.05. The summed E-state index contributed by atoms with van der Waals surface area (Å²) in [5.41, 5.74) is 4.76. The minimum Gasteiger partial charge on any atom is -0.371 e. The molecule has 0 radical (unpaired) electrons. The lowest BCUT2D eigenvalue weighted by Crippen LogP contribution is -2.42. The van der Waals surface area contributed by atoms with Gasteiger partial charge in [-0.1, -0.05) is 24.3 Å². The van der Waals surface area contributed by atoms with Crippen LogP contribution in [0, 0.1) is 6.92 Å². The lowest BCUT2D eigenvalue weighted by Gasteiger charge is -2.36. The van der Waals surface area contributed by atoms with Crippen LogP contribution in [0.2, 0.25) is 0 Å². The van der Waals surface area contributed by atoms with Crippen LogP contribution >= 0.6 is 0 Å². The summed E-state index contributed by atoms with van der Waals surface area (Å²) < 4.78 is 0. The van der Waals surface area contributed by atoms with E-state index in [0.717, 1.165) is 66.5 Å². The van der Waals surface area contributed by atoms with Crippen molar-refractivity contribution in [1.82, 2.24) is 15.2 Å². The van der Waals surface area contributed by atoms with Gasteiger partial charge >= 0.3 is 0 Å². The van der Waals surface area contributed by atoms with Gasteiger partial charge in [0, 0.05) is 35.9 Å². The molecular weight excluding hydrogens is 396 g/mol. The lowest BCUT2D eigenvalue weighted by atomic mass is 9.98. The van der Waals surface area contributed by atoms with E-state index in [1.54, 1.807) is 0 Å². The van der Waals surface area contributed by atoms with Crippen LogP contribution in [0.1, 0.15) is 47.2 Å². The van der Waals surface area contributed by atoms with E-state index in [1.165, 1.54) is 5.56 Å². The number of hydrogen-bond acceptors (Lipinski definition) is 4. The third kappa shape index (κ3) is 3.86. The Hall–Kier alpha value is -2.92. The molecule has 5 nitrogen and oxygen atoms in total. The molecule has 2 aromatic carbocycles. The summed E-state index contributed by atoms with van der Waals surface area (Å²) in [6.07, 6.45) is 6.08. The van der Waals surface area contributed by atoms with Gasteiger partial charge in [-0.15, -0.1) is 0 Å². The van der Waals surface area contributed by atoms with E-state index in [2.05, 4.69) is 64.5 Å². The van der Waals surface area contributed by atoms with Crippen LogP contribution in [0.15, 0.2) is 54.7 Å². The first-order valence-electron chi connectivity index (χ1n) is 11.7. The van der Waals surface area contributed by atoms with Crippen LogP contribution in [-0.2, 0) is 5.54 Å². The Balaban J connectivity index is 1.39. The summed E-state index contributed by atoms with van der Waals surface area (Å²) >= 11 is 0. The number of likely N-dealkylation sites (tertiary alicyclic amines) is 1. The van der Waals surface area contributed by atoms with Gasteiger partial charge in [0.15, 0.2) is 0 Å². The lowest BCUT2D eigenvalue weighted by molar-refractivity contribution is 0.0930. The Morgan fingerprint density at radius 1 is 1.12 bits per heavy atom. The molecule has 5 rings (SSSR count). The highest BCUT2D eigenvalue weighted by Crippen LogP contribution is 2.48. The monoisotopic (exact) mass is 428 g/mol. The van der Waals surface area contributed by atoms with Crippen molar-refractivity contribution in [2.24, 2.45) is 0 Å². The second-order valence-corrected chi connectivity index (χ2v) is 9.56. The molecule has 166 valence electrons. The van der Waals surface area contributed by atoms with Gasteiger partial charge in [0.25, 0.3) is 5.91 Å². The first-order chi connectivity index (χ1) is 15.5. The van der Waals surface area contributed by atoms with Crippen LogP contribution < -0.4 is 10.2 Å². The van der Waals surface area contributed by atoms with E-state index >= 15 is 0 Å². The summed E-state index contributed by atoms with van der Waals surface area (Å²) in [4.78, 5) is 22.7. The van der Waals surface area contributed by atoms with Crippen LogP contribution in [0.25, 0.3) is 10.9 Å². The zero-order valence-corrected chi connectivity index (χ0v) is 19.3. The molecule has 0 bridgehead atoms. The molecule has 0 spiro atoms. The van der Waals surface area contributed by atoms with E-state index in [9.17, 15) is 4.79 Å². The number of para-hydroxylation sites is 1. The van der Waals surface area contributed by atoms with Crippen molar-refractivity contribution in [3.8, 4) is 0 Å². The van der Waals surface area contributed by atoms with Gasteiger partial charge in [0.05, 0.1) is 11.1 Å². The number of aromatic nitrogens is 1. The number of hydrogen-bond donors (Lipinski definition) is 1. The molecule has 0 atom stereocenters. The molecule has 1 saturated heterocycles. The maximum absolute atomic E-state index is 13.5. The van der Waals surface area contributed by atoms with Gasteiger partial charge in [-0.25, -0.2) is 0 Å². The number of pyridine rings is 1. The smallest absolute Gasteiger partial charge is 0.252 e. The zero-order valence-electron chi connectivity index (χ0n) is 19.3. The Morgan fingerprint density at radius 2 is 1.88 bits per heavy atom. The van der Waals surface area contributed by atoms with E-state index in [1.807, 2.05) is 31.3 Å². The molecule has 3 aromatic rings. The molecular formula is C27H32N4O. The number of rotatable bonds is 5. The van der Waals surface area contributed by atoms with Crippen LogP contribution in [-0.4, -0.2) is 49.0 Å². The highest BCUT2D eigenvalue weighted by Gasteiger charge is 2.47. The average molecular weight is 429 g/mol. The Kier molecular flexibility index (Phi) is 5.38. The van der Waals surface area contributed by atoms with Crippen molar-refractivity contribution in [2.45, 2.75) is 44.2 Å². The van der Waals surface area contributed by atoms with Crippen LogP contribution in [0.4, 0.5) is 5.69 Å². The number of benzene rings is 2. The summed E-state index contributed by atoms with van der Waals surface area (Å²) in [5, 5.41) is 4.52. The number of carbonyl (C=O) groups excluding carboxylic acids is 1. The molecule has 1 amide bonds. The van der Waals surface area contributed by atoms with E-state index in [0.29, 0.717) is 6.04 Å². The van der Waals surface area contributed by atoms with Gasteiger partial charge < -0.3 is 15.1 Å². The first kappa shape index (κ1) is 21.0. The Bertz CT molecular complexity index is 1140. The average Bonchev–Trinajstić information content (AvgIpc) is 3.59. The molecule has 1 aliphatic carbocycles. The number of nitrogens with zero attached hydrogens (tertiary/aromatic N) is 3. The fourth-order valence-corrected chi connectivity index (χ4v) is 5.05.